The summed E-state index contributed by atoms with van der Waals surface area (Å²) in [6.45, 7) is 2.00. The normalized spacial score (nSPS) is 11.2. The van der Waals surface area contributed by atoms with E-state index in [1.54, 1.807) is 13.2 Å². The third kappa shape index (κ3) is 2.63. The van der Waals surface area contributed by atoms with Crippen LogP contribution in [0.1, 0.15) is 5.56 Å². The summed E-state index contributed by atoms with van der Waals surface area (Å²) in [6.07, 6.45) is 0. The zero-order valence-electron chi connectivity index (χ0n) is 12.4. The number of ether oxygens (including phenoxy) is 1. The van der Waals surface area contributed by atoms with E-state index >= 15 is 0 Å². The molecule has 0 saturated heterocycles. The predicted octanol–water partition coefficient (Wildman–Crippen LogP) is 5.28. The number of aryl methyl sites for hydroxylation is 1. The Kier molecular flexibility index (Phi) is 3.74. The number of hydrogen-bond donors (Lipinski definition) is 1. The Bertz CT molecular complexity index is 852. The van der Waals surface area contributed by atoms with Crippen molar-refractivity contribution in [2.24, 2.45) is 10.2 Å². The number of phenols is 1. The van der Waals surface area contributed by atoms with E-state index in [1.807, 2.05) is 55.5 Å². The molecule has 0 fully saturated rings. The molecule has 1 N–H and O–H groups in total. The summed E-state index contributed by atoms with van der Waals surface area (Å²) in [6, 6.07) is 16.9. The fraction of sp³-hybridized carbons (Fsp3) is 0.111. The molecule has 0 aromatic heterocycles. The van der Waals surface area contributed by atoms with Crippen LogP contribution >= 0.6 is 0 Å². The molecule has 110 valence electrons. The van der Waals surface area contributed by atoms with E-state index in [0.717, 1.165) is 16.3 Å². The first-order chi connectivity index (χ1) is 10.7. The second-order valence-corrected chi connectivity index (χ2v) is 5.03. The number of methoxy groups -OCH3 is 1. The number of hydrogen-bond acceptors (Lipinski definition) is 4. The first-order valence-electron chi connectivity index (χ1n) is 6.96. The first-order valence-corrected chi connectivity index (χ1v) is 6.96. The highest BCUT2D eigenvalue weighted by Gasteiger charge is 2.07. The Morgan fingerprint density at radius 1 is 0.955 bits per heavy atom. The van der Waals surface area contributed by atoms with Crippen LogP contribution in [0.3, 0.4) is 0 Å². The van der Waals surface area contributed by atoms with Crippen molar-refractivity contribution in [1.29, 1.82) is 0 Å². The first kappa shape index (κ1) is 14.1. The van der Waals surface area contributed by atoms with Crippen molar-refractivity contribution in [3.8, 4) is 11.5 Å². The largest absolute Gasteiger partial charge is 0.506 e. The minimum atomic E-state index is 0.108. The summed E-state index contributed by atoms with van der Waals surface area (Å²) in [5.74, 6) is 0.749. The lowest BCUT2D eigenvalue weighted by Gasteiger charge is -2.06. The molecule has 0 aliphatic carbocycles. The standard InChI is InChI=1S/C18H16N2O2/c1-12-7-8-13-9-10-16(21)18(14(13)11-12)20-19-15-5-3-4-6-17(15)22-2/h3-11,21H,1-2H3. The minimum absolute atomic E-state index is 0.108. The SMILES string of the molecule is COc1ccccc1N=Nc1c(O)ccc2ccc(C)cc12. The van der Waals surface area contributed by atoms with Crippen molar-refractivity contribution in [3.63, 3.8) is 0 Å². The maximum Gasteiger partial charge on any atom is 0.146 e. The monoisotopic (exact) mass is 292 g/mol. The van der Waals surface area contributed by atoms with Gasteiger partial charge in [-0.25, -0.2) is 0 Å². The van der Waals surface area contributed by atoms with Crippen molar-refractivity contribution < 1.29 is 9.84 Å². The molecule has 0 unspecified atom stereocenters. The third-order valence-corrected chi connectivity index (χ3v) is 3.47. The molecule has 0 saturated carbocycles. The van der Waals surface area contributed by atoms with Crippen LogP contribution in [-0.2, 0) is 0 Å². The highest BCUT2D eigenvalue weighted by molar-refractivity contribution is 5.95. The summed E-state index contributed by atoms with van der Waals surface area (Å²) < 4.78 is 5.25. The fourth-order valence-electron chi connectivity index (χ4n) is 2.33. The maximum atomic E-state index is 10.1. The van der Waals surface area contributed by atoms with E-state index < -0.39 is 0 Å². The number of aromatic hydroxyl groups is 1. The molecule has 3 aromatic carbocycles. The fourth-order valence-corrected chi connectivity index (χ4v) is 2.33. The van der Waals surface area contributed by atoms with E-state index in [9.17, 15) is 5.11 Å². The third-order valence-electron chi connectivity index (χ3n) is 3.47. The van der Waals surface area contributed by atoms with Gasteiger partial charge in [-0.15, -0.1) is 10.2 Å². The van der Waals surface area contributed by atoms with Gasteiger partial charge in [0.25, 0.3) is 0 Å². The van der Waals surface area contributed by atoms with Crippen molar-refractivity contribution in [2.45, 2.75) is 6.92 Å². The summed E-state index contributed by atoms with van der Waals surface area (Å²) in [5, 5.41) is 20.5. The van der Waals surface area contributed by atoms with E-state index in [2.05, 4.69) is 10.2 Å². The number of phenolic OH excluding ortho intramolecular Hbond substituents is 1. The molecule has 0 spiro atoms. The molecule has 0 radical (unpaired) electrons. The Morgan fingerprint density at radius 3 is 2.55 bits per heavy atom. The van der Waals surface area contributed by atoms with Gasteiger partial charge in [-0.05, 0) is 36.6 Å². The van der Waals surface area contributed by atoms with E-state index in [4.69, 9.17) is 4.74 Å². The van der Waals surface area contributed by atoms with Gasteiger partial charge in [-0.2, -0.15) is 0 Å². The van der Waals surface area contributed by atoms with Gasteiger partial charge in [-0.1, -0.05) is 35.9 Å². The predicted molar refractivity (Wildman–Crippen MR) is 87.5 cm³/mol. The quantitative estimate of drug-likeness (QED) is 0.668. The summed E-state index contributed by atoms with van der Waals surface area (Å²) in [7, 11) is 1.59. The Labute approximate surface area is 128 Å². The summed E-state index contributed by atoms with van der Waals surface area (Å²) >= 11 is 0. The maximum absolute atomic E-state index is 10.1. The van der Waals surface area contributed by atoms with Crippen LogP contribution in [0.2, 0.25) is 0 Å². The van der Waals surface area contributed by atoms with Gasteiger partial charge in [0.2, 0.25) is 0 Å². The van der Waals surface area contributed by atoms with E-state index in [-0.39, 0.29) is 5.75 Å². The number of benzene rings is 3. The van der Waals surface area contributed by atoms with Gasteiger partial charge in [0.05, 0.1) is 7.11 Å². The molecule has 0 aliphatic rings. The van der Waals surface area contributed by atoms with Crippen LogP contribution in [0, 0.1) is 6.92 Å². The van der Waals surface area contributed by atoms with Crippen LogP contribution in [0.5, 0.6) is 11.5 Å². The van der Waals surface area contributed by atoms with Crippen LogP contribution in [0.15, 0.2) is 64.8 Å². The van der Waals surface area contributed by atoms with Gasteiger partial charge in [0.15, 0.2) is 0 Å². The smallest absolute Gasteiger partial charge is 0.146 e. The van der Waals surface area contributed by atoms with Crippen molar-refractivity contribution >= 4 is 22.1 Å². The zero-order chi connectivity index (χ0) is 15.5. The molecule has 0 atom stereocenters. The minimum Gasteiger partial charge on any atom is -0.506 e. The Balaban J connectivity index is 2.12. The van der Waals surface area contributed by atoms with Crippen LogP contribution in [0.25, 0.3) is 10.8 Å². The van der Waals surface area contributed by atoms with Gasteiger partial charge in [0, 0.05) is 5.39 Å². The second kappa shape index (κ2) is 5.85. The second-order valence-electron chi connectivity index (χ2n) is 5.03. The molecular weight excluding hydrogens is 276 g/mol. The molecule has 3 rings (SSSR count). The Morgan fingerprint density at radius 2 is 1.73 bits per heavy atom. The number of fused-ring (bicyclic) bond motifs is 1. The van der Waals surface area contributed by atoms with Gasteiger partial charge in [-0.3, -0.25) is 0 Å². The molecule has 4 heteroatoms. The van der Waals surface area contributed by atoms with Crippen LogP contribution < -0.4 is 4.74 Å². The molecule has 0 heterocycles. The topological polar surface area (TPSA) is 54.2 Å². The van der Waals surface area contributed by atoms with E-state index in [0.29, 0.717) is 17.1 Å². The lowest BCUT2D eigenvalue weighted by atomic mass is 10.1. The van der Waals surface area contributed by atoms with Gasteiger partial charge in [0.1, 0.15) is 22.9 Å². The van der Waals surface area contributed by atoms with E-state index in [1.165, 1.54) is 0 Å². The van der Waals surface area contributed by atoms with Crippen LogP contribution in [0.4, 0.5) is 11.4 Å². The van der Waals surface area contributed by atoms with Crippen molar-refractivity contribution in [3.05, 3.63) is 60.2 Å². The lowest BCUT2D eigenvalue weighted by Crippen LogP contribution is -1.82. The molecule has 0 bridgehead atoms. The molecular formula is C18H16N2O2. The molecule has 3 aromatic rings. The number of rotatable bonds is 3. The summed E-state index contributed by atoms with van der Waals surface area (Å²) in [4.78, 5) is 0. The molecule has 4 nitrogen and oxygen atoms in total. The van der Waals surface area contributed by atoms with Crippen molar-refractivity contribution in [1.82, 2.24) is 0 Å². The number of nitrogens with zero attached hydrogens (tertiary/aromatic N) is 2. The molecule has 0 aliphatic heterocycles. The lowest BCUT2D eigenvalue weighted by molar-refractivity contribution is 0.416. The van der Waals surface area contributed by atoms with Crippen molar-refractivity contribution in [2.75, 3.05) is 7.11 Å². The Hall–Kier alpha value is -2.88. The highest BCUT2D eigenvalue weighted by atomic mass is 16.5. The molecule has 0 amide bonds. The highest BCUT2D eigenvalue weighted by Crippen LogP contribution is 2.37. The number of azo groups is 1. The average molecular weight is 292 g/mol. The summed E-state index contributed by atoms with van der Waals surface area (Å²) in [5.41, 5.74) is 2.19. The average Bonchev–Trinajstić information content (AvgIpc) is 2.54. The van der Waals surface area contributed by atoms with Crippen LogP contribution in [-0.4, -0.2) is 12.2 Å². The van der Waals surface area contributed by atoms with Gasteiger partial charge < -0.3 is 9.84 Å². The van der Waals surface area contributed by atoms with Gasteiger partial charge >= 0.3 is 0 Å². The number of para-hydroxylation sites is 1. The molecule has 22 heavy (non-hydrogen) atoms. The zero-order valence-corrected chi connectivity index (χ0v) is 12.4.